The third-order valence-electron chi connectivity index (χ3n) is 2.41. The van der Waals surface area contributed by atoms with Crippen molar-refractivity contribution in [1.82, 2.24) is 24.4 Å². The first-order chi connectivity index (χ1) is 7.75. The fraction of sp³-hybridized carbons (Fsp3) is 0.100. The minimum absolute atomic E-state index is 0.448. The quantitative estimate of drug-likeness (QED) is 0.602. The molecule has 0 radical (unpaired) electrons. The van der Waals surface area contributed by atoms with Gasteiger partial charge in [-0.25, -0.2) is 9.50 Å². The summed E-state index contributed by atoms with van der Waals surface area (Å²) in [6, 6.07) is 5.50. The highest BCUT2D eigenvalue weighted by molar-refractivity contribution is 6.29. The summed E-state index contributed by atoms with van der Waals surface area (Å²) in [6.45, 7) is 0. The van der Waals surface area contributed by atoms with E-state index in [-0.39, 0.29) is 0 Å². The molecule has 0 unspecified atom stereocenters. The predicted molar refractivity (Wildman–Crippen MR) is 60.2 cm³/mol. The number of aromatic nitrogens is 5. The topological polar surface area (TPSA) is 48.0 Å². The van der Waals surface area contributed by atoms with Gasteiger partial charge in [-0.3, -0.25) is 4.68 Å². The fourth-order valence-electron chi connectivity index (χ4n) is 1.69. The Labute approximate surface area is 96.3 Å². The molecule has 5 nitrogen and oxygen atoms in total. The van der Waals surface area contributed by atoms with Gasteiger partial charge in [0.2, 0.25) is 0 Å². The van der Waals surface area contributed by atoms with E-state index >= 15 is 0 Å². The van der Waals surface area contributed by atoms with Gasteiger partial charge in [-0.15, -0.1) is 0 Å². The molecule has 0 saturated heterocycles. The molecule has 0 aromatic carbocycles. The van der Waals surface area contributed by atoms with E-state index in [4.69, 9.17) is 11.6 Å². The van der Waals surface area contributed by atoms with E-state index in [1.54, 1.807) is 27.7 Å². The first-order valence-corrected chi connectivity index (χ1v) is 5.12. The van der Waals surface area contributed by atoms with E-state index in [0.29, 0.717) is 5.15 Å². The Hall–Kier alpha value is -1.88. The van der Waals surface area contributed by atoms with Crippen LogP contribution in [0.25, 0.3) is 17.0 Å². The first-order valence-electron chi connectivity index (χ1n) is 4.74. The van der Waals surface area contributed by atoms with Crippen LogP contribution in [0.4, 0.5) is 0 Å². The molecule has 3 rings (SSSR count). The van der Waals surface area contributed by atoms with E-state index in [1.165, 1.54) is 0 Å². The van der Waals surface area contributed by atoms with Crippen LogP contribution in [0.5, 0.6) is 0 Å². The first kappa shape index (κ1) is 9.35. The van der Waals surface area contributed by atoms with Gasteiger partial charge >= 0.3 is 0 Å². The summed E-state index contributed by atoms with van der Waals surface area (Å²) in [5.41, 5.74) is 2.54. The number of fused-ring (bicyclic) bond motifs is 1. The Morgan fingerprint density at radius 3 is 2.69 bits per heavy atom. The van der Waals surface area contributed by atoms with Crippen LogP contribution >= 0.6 is 11.6 Å². The van der Waals surface area contributed by atoms with Gasteiger partial charge in [-0.2, -0.15) is 10.2 Å². The van der Waals surface area contributed by atoms with Crippen molar-refractivity contribution in [3.05, 3.63) is 35.7 Å². The summed E-state index contributed by atoms with van der Waals surface area (Å²) >= 11 is 5.97. The molecule has 3 heterocycles. The van der Waals surface area contributed by atoms with Gasteiger partial charge in [0.25, 0.3) is 0 Å². The molecule has 0 amide bonds. The second kappa shape index (κ2) is 3.31. The minimum atomic E-state index is 0.448. The maximum absolute atomic E-state index is 5.97. The number of hydrogen-bond acceptors (Lipinski definition) is 3. The molecule has 0 saturated carbocycles. The largest absolute Gasteiger partial charge is 0.266 e. The van der Waals surface area contributed by atoms with Crippen LogP contribution in [0.1, 0.15) is 0 Å². The second-order valence-corrected chi connectivity index (χ2v) is 3.79. The van der Waals surface area contributed by atoms with E-state index in [9.17, 15) is 0 Å². The Bertz CT molecular complexity index is 654. The Balaban J connectivity index is 2.38. The molecule has 0 spiro atoms. The monoisotopic (exact) mass is 233 g/mol. The van der Waals surface area contributed by atoms with E-state index < -0.39 is 0 Å². The van der Waals surface area contributed by atoms with Crippen molar-refractivity contribution in [1.29, 1.82) is 0 Å². The van der Waals surface area contributed by atoms with Crippen LogP contribution in [0.2, 0.25) is 5.15 Å². The summed E-state index contributed by atoms with van der Waals surface area (Å²) in [6.07, 6.45) is 3.43. The average molecular weight is 234 g/mol. The summed E-state index contributed by atoms with van der Waals surface area (Å²) in [4.78, 5) is 4.17. The smallest absolute Gasteiger partial charge is 0.157 e. The molecule has 3 aromatic heterocycles. The van der Waals surface area contributed by atoms with Crippen molar-refractivity contribution in [2.45, 2.75) is 0 Å². The standard InChI is InChI=1S/C10H8ClN5/c1-15-7(2-4-12-15)8-6-9(11)14-10-3-5-13-16(8)10/h2-6H,1H3. The molecule has 0 aliphatic heterocycles. The summed E-state index contributed by atoms with van der Waals surface area (Å²) in [5.74, 6) is 0. The van der Waals surface area contributed by atoms with Crippen molar-refractivity contribution in [2.75, 3.05) is 0 Å². The molecule has 6 heteroatoms. The van der Waals surface area contributed by atoms with Gasteiger partial charge in [0, 0.05) is 25.4 Å². The SMILES string of the molecule is Cn1nccc1-c1cc(Cl)nc2ccnn12. The molecule has 3 aromatic rings. The molecule has 0 N–H and O–H groups in total. The fourth-order valence-corrected chi connectivity index (χ4v) is 1.88. The van der Waals surface area contributed by atoms with Gasteiger partial charge in [0.1, 0.15) is 5.15 Å². The van der Waals surface area contributed by atoms with E-state index in [1.807, 2.05) is 19.2 Å². The number of aryl methyl sites for hydroxylation is 1. The van der Waals surface area contributed by atoms with Crippen molar-refractivity contribution >= 4 is 17.2 Å². The Morgan fingerprint density at radius 2 is 1.94 bits per heavy atom. The number of rotatable bonds is 1. The second-order valence-electron chi connectivity index (χ2n) is 3.41. The van der Waals surface area contributed by atoms with Crippen molar-refractivity contribution in [3.8, 4) is 11.4 Å². The zero-order valence-corrected chi connectivity index (χ0v) is 9.26. The molecule has 80 valence electrons. The number of halogens is 1. The number of nitrogens with zero attached hydrogens (tertiary/aromatic N) is 5. The van der Waals surface area contributed by atoms with E-state index in [0.717, 1.165) is 17.0 Å². The van der Waals surface area contributed by atoms with Gasteiger partial charge in [0.05, 0.1) is 17.6 Å². The summed E-state index contributed by atoms with van der Waals surface area (Å²) < 4.78 is 3.51. The van der Waals surface area contributed by atoms with Crippen molar-refractivity contribution in [3.63, 3.8) is 0 Å². The molecule has 16 heavy (non-hydrogen) atoms. The predicted octanol–water partition coefficient (Wildman–Crippen LogP) is 1.78. The summed E-state index contributed by atoms with van der Waals surface area (Å²) in [7, 11) is 1.87. The zero-order valence-electron chi connectivity index (χ0n) is 8.50. The van der Waals surface area contributed by atoms with Gasteiger partial charge in [-0.05, 0) is 6.07 Å². The van der Waals surface area contributed by atoms with Gasteiger partial charge < -0.3 is 0 Å². The number of hydrogen-bond donors (Lipinski definition) is 0. The highest BCUT2D eigenvalue weighted by atomic mass is 35.5. The van der Waals surface area contributed by atoms with Crippen LogP contribution in [0.15, 0.2) is 30.6 Å². The van der Waals surface area contributed by atoms with Crippen LogP contribution < -0.4 is 0 Å². The van der Waals surface area contributed by atoms with Crippen LogP contribution in [0.3, 0.4) is 0 Å². The third kappa shape index (κ3) is 1.29. The summed E-state index contributed by atoms with van der Waals surface area (Å²) in [5, 5.41) is 8.79. The van der Waals surface area contributed by atoms with Crippen LogP contribution in [-0.2, 0) is 7.05 Å². The van der Waals surface area contributed by atoms with Crippen molar-refractivity contribution in [2.24, 2.45) is 7.05 Å². The molecule has 0 bridgehead atoms. The Morgan fingerprint density at radius 1 is 1.12 bits per heavy atom. The maximum atomic E-state index is 5.97. The lowest BCUT2D eigenvalue weighted by atomic mass is 10.3. The Kier molecular flexibility index (Phi) is 1.94. The third-order valence-corrected chi connectivity index (χ3v) is 2.61. The molecule has 0 fully saturated rings. The average Bonchev–Trinajstić information content (AvgIpc) is 2.84. The zero-order chi connectivity index (χ0) is 11.1. The molecule has 0 aliphatic rings. The lowest BCUT2D eigenvalue weighted by Gasteiger charge is -2.05. The van der Waals surface area contributed by atoms with Gasteiger partial charge in [-0.1, -0.05) is 11.6 Å². The van der Waals surface area contributed by atoms with Gasteiger partial charge in [0.15, 0.2) is 5.65 Å². The minimum Gasteiger partial charge on any atom is -0.266 e. The lowest BCUT2D eigenvalue weighted by molar-refractivity contribution is 0.767. The van der Waals surface area contributed by atoms with Crippen LogP contribution in [0, 0.1) is 0 Å². The maximum Gasteiger partial charge on any atom is 0.157 e. The normalized spacial score (nSPS) is 11.1. The van der Waals surface area contributed by atoms with E-state index in [2.05, 4.69) is 15.2 Å². The highest BCUT2D eigenvalue weighted by Gasteiger charge is 2.10. The highest BCUT2D eigenvalue weighted by Crippen LogP contribution is 2.21. The van der Waals surface area contributed by atoms with Crippen LogP contribution in [-0.4, -0.2) is 24.4 Å². The van der Waals surface area contributed by atoms with Crippen molar-refractivity contribution < 1.29 is 0 Å². The molecular weight excluding hydrogens is 226 g/mol. The molecule has 0 aliphatic carbocycles. The lowest BCUT2D eigenvalue weighted by Crippen LogP contribution is -2.01. The molecular formula is C10H8ClN5. The molecule has 0 atom stereocenters.